The summed E-state index contributed by atoms with van der Waals surface area (Å²) in [5.41, 5.74) is 9.32. The van der Waals surface area contributed by atoms with Crippen LogP contribution in [0.2, 0.25) is 0 Å². The molecule has 3 heterocycles. The molecule has 10 aromatic rings. The number of hydrogen-bond donors (Lipinski definition) is 0. The zero-order chi connectivity index (χ0) is 37.7. The Morgan fingerprint density at radius 3 is 1.51 bits per heavy atom. The smallest absolute Gasteiger partial charge is 0.170 e. The first-order chi connectivity index (χ1) is 28.2. The first kappa shape index (κ1) is 32.6. The predicted molar refractivity (Wildman–Crippen MR) is 228 cm³/mol. The summed E-state index contributed by atoms with van der Waals surface area (Å²) in [5, 5.41) is 3.63. The second-order valence-corrected chi connectivity index (χ2v) is 14.1. The molecule has 57 heavy (non-hydrogen) atoms. The summed E-state index contributed by atoms with van der Waals surface area (Å²) in [7, 11) is 0. The van der Waals surface area contributed by atoms with E-state index < -0.39 is 0 Å². The van der Waals surface area contributed by atoms with Crippen LogP contribution in [-0.2, 0) is 0 Å². The molecule has 6 nitrogen and oxygen atoms in total. The van der Waals surface area contributed by atoms with Gasteiger partial charge in [-0.15, -0.1) is 0 Å². The molecule has 0 N–H and O–H groups in total. The van der Waals surface area contributed by atoms with E-state index in [2.05, 4.69) is 114 Å². The van der Waals surface area contributed by atoms with Crippen molar-refractivity contribution in [1.29, 1.82) is 0 Å². The number of para-hydroxylation sites is 1. The molecule has 11 rings (SSSR count). The van der Waals surface area contributed by atoms with Crippen molar-refractivity contribution in [3.8, 4) is 85.1 Å². The average molecular weight is 733 g/mol. The van der Waals surface area contributed by atoms with Gasteiger partial charge in [0, 0.05) is 39.5 Å². The minimum atomic E-state index is 0.548. The average Bonchev–Trinajstić information content (AvgIpc) is 3.66. The van der Waals surface area contributed by atoms with Crippen LogP contribution >= 0.6 is 0 Å². The van der Waals surface area contributed by atoms with Crippen LogP contribution in [0.25, 0.3) is 83.8 Å². The second-order valence-electron chi connectivity index (χ2n) is 14.1. The van der Waals surface area contributed by atoms with Crippen LogP contribution in [0.4, 0.5) is 0 Å². The van der Waals surface area contributed by atoms with E-state index in [-0.39, 0.29) is 0 Å². The Morgan fingerprint density at radius 1 is 0.351 bits per heavy atom. The molecule has 1 aliphatic heterocycles. The lowest BCUT2D eigenvalue weighted by Crippen LogP contribution is -2.02. The standard InChI is InChI=1S/C51H32N4O2/c1-4-13-33(14-5-1)49-52-50(34-15-6-2-7-16-34)54-51(53-49)40-24-26-46-48(31-40)57-47-30-38(23-25-45(47)56-46)35-19-12-20-39(27-35)43-32-55(41-21-8-3-9-22-41)44-29-37-18-11-10-17-36(37)28-42(43)44/h1-32H. The van der Waals surface area contributed by atoms with Crippen LogP contribution in [0.3, 0.4) is 0 Å². The van der Waals surface area contributed by atoms with Gasteiger partial charge in [-0.1, -0.05) is 127 Å². The molecule has 0 saturated heterocycles. The second kappa shape index (κ2) is 13.5. The zero-order valence-electron chi connectivity index (χ0n) is 30.6. The highest BCUT2D eigenvalue weighted by atomic mass is 16.6. The van der Waals surface area contributed by atoms with E-state index in [4.69, 9.17) is 24.4 Å². The Morgan fingerprint density at radius 2 is 0.842 bits per heavy atom. The van der Waals surface area contributed by atoms with Crippen molar-refractivity contribution in [3.63, 3.8) is 0 Å². The fourth-order valence-corrected chi connectivity index (χ4v) is 7.65. The van der Waals surface area contributed by atoms with Gasteiger partial charge in [0.1, 0.15) is 0 Å². The molecular weight excluding hydrogens is 701 g/mol. The van der Waals surface area contributed by atoms with E-state index in [0.29, 0.717) is 40.5 Å². The highest BCUT2D eigenvalue weighted by Gasteiger charge is 2.22. The lowest BCUT2D eigenvalue weighted by Gasteiger charge is -2.22. The van der Waals surface area contributed by atoms with Crippen molar-refractivity contribution < 1.29 is 9.47 Å². The number of benzene rings is 8. The van der Waals surface area contributed by atoms with Crippen LogP contribution in [0, 0.1) is 0 Å². The molecule has 0 radical (unpaired) electrons. The van der Waals surface area contributed by atoms with Crippen LogP contribution in [0.1, 0.15) is 0 Å². The molecule has 0 atom stereocenters. The molecule has 0 aliphatic carbocycles. The van der Waals surface area contributed by atoms with Gasteiger partial charge in [0.2, 0.25) is 0 Å². The van der Waals surface area contributed by atoms with Crippen molar-refractivity contribution >= 4 is 21.7 Å². The molecule has 8 aromatic carbocycles. The van der Waals surface area contributed by atoms with Crippen LogP contribution in [-0.4, -0.2) is 19.5 Å². The van der Waals surface area contributed by atoms with Crippen molar-refractivity contribution in [2.45, 2.75) is 0 Å². The van der Waals surface area contributed by atoms with E-state index in [0.717, 1.165) is 39.1 Å². The number of hydrogen-bond acceptors (Lipinski definition) is 5. The third-order valence-corrected chi connectivity index (χ3v) is 10.5. The van der Waals surface area contributed by atoms with Crippen molar-refractivity contribution in [3.05, 3.63) is 194 Å². The maximum atomic E-state index is 6.60. The normalized spacial score (nSPS) is 11.8. The number of fused-ring (bicyclic) bond motifs is 4. The van der Waals surface area contributed by atoms with Gasteiger partial charge in [-0.3, -0.25) is 0 Å². The highest BCUT2D eigenvalue weighted by molar-refractivity contribution is 6.05. The minimum absolute atomic E-state index is 0.548. The third-order valence-electron chi connectivity index (χ3n) is 10.5. The minimum Gasteiger partial charge on any atom is -0.450 e. The molecule has 0 unspecified atom stereocenters. The largest absolute Gasteiger partial charge is 0.450 e. The molecule has 0 fully saturated rings. The lowest BCUT2D eigenvalue weighted by molar-refractivity contribution is 0.360. The number of ether oxygens (including phenoxy) is 2. The van der Waals surface area contributed by atoms with Crippen LogP contribution in [0.5, 0.6) is 23.0 Å². The van der Waals surface area contributed by atoms with Crippen LogP contribution < -0.4 is 9.47 Å². The molecule has 0 spiro atoms. The SMILES string of the molecule is c1ccc(-c2nc(-c3ccccc3)nc(-c3ccc4c(c3)Oc3cc(-c5cccc(-c6cn(-c7ccccc7)c7cc8ccccc8cc67)c5)ccc3O4)n2)cc1. The molecule has 1 aliphatic rings. The number of nitrogens with zero attached hydrogens (tertiary/aromatic N) is 4. The molecule has 0 saturated carbocycles. The summed E-state index contributed by atoms with van der Waals surface area (Å²) in [5.74, 6) is 4.27. The summed E-state index contributed by atoms with van der Waals surface area (Å²) < 4.78 is 15.3. The molecule has 268 valence electrons. The van der Waals surface area contributed by atoms with Gasteiger partial charge in [-0.05, 0) is 88.1 Å². The Labute approximate surface area is 328 Å². The van der Waals surface area contributed by atoms with E-state index >= 15 is 0 Å². The summed E-state index contributed by atoms with van der Waals surface area (Å²) >= 11 is 0. The molecule has 0 amide bonds. The van der Waals surface area contributed by atoms with E-state index in [1.165, 1.54) is 27.2 Å². The Hall–Kier alpha value is -7.83. The van der Waals surface area contributed by atoms with Crippen LogP contribution in [0.15, 0.2) is 194 Å². The summed E-state index contributed by atoms with van der Waals surface area (Å²) in [6.45, 7) is 0. The van der Waals surface area contributed by atoms with Crippen molar-refractivity contribution in [2.75, 3.05) is 0 Å². The summed E-state index contributed by atoms with van der Waals surface area (Å²) in [6, 6.07) is 64.2. The summed E-state index contributed by atoms with van der Waals surface area (Å²) in [6.07, 6.45) is 2.26. The number of aromatic nitrogens is 4. The quantitative estimate of drug-likeness (QED) is 0.170. The topological polar surface area (TPSA) is 62.1 Å². The van der Waals surface area contributed by atoms with Gasteiger partial charge in [0.05, 0.1) is 5.52 Å². The number of rotatable bonds is 6. The van der Waals surface area contributed by atoms with Crippen molar-refractivity contribution in [2.24, 2.45) is 0 Å². The predicted octanol–water partition coefficient (Wildman–Crippen LogP) is 13.2. The monoisotopic (exact) mass is 732 g/mol. The van der Waals surface area contributed by atoms with E-state index in [1.54, 1.807) is 0 Å². The molecule has 6 heteroatoms. The Balaban J connectivity index is 0.950. The first-order valence-electron chi connectivity index (χ1n) is 18.9. The Bertz CT molecular complexity index is 3070. The lowest BCUT2D eigenvalue weighted by atomic mass is 9.97. The molecule has 2 aromatic heterocycles. The molecule has 0 bridgehead atoms. The van der Waals surface area contributed by atoms with Gasteiger partial charge in [-0.2, -0.15) is 0 Å². The maximum absolute atomic E-state index is 6.60. The third kappa shape index (κ3) is 5.97. The maximum Gasteiger partial charge on any atom is 0.170 e. The fraction of sp³-hybridized carbons (Fsp3) is 0. The van der Waals surface area contributed by atoms with Gasteiger partial charge in [0.15, 0.2) is 40.5 Å². The Kier molecular flexibility index (Phi) is 7.71. The van der Waals surface area contributed by atoms with Gasteiger partial charge in [0.25, 0.3) is 0 Å². The summed E-state index contributed by atoms with van der Waals surface area (Å²) in [4.78, 5) is 14.7. The fourth-order valence-electron chi connectivity index (χ4n) is 7.65. The highest BCUT2D eigenvalue weighted by Crippen LogP contribution is 2.48. The van der Waals surface area contributed by atoms with Crippen molar-refractivity contribution in [1.82, 2.24) is 19.5 Å². The first-order valence-corrected chi connectivity index (χ1v) is 18.9. The van der Waals surface area contributed by atoms with Gasteiger partial charge in [-0.25, -0.2) is 15.0 Å². The van der Waals surface area contributed by atoms with Gasteiger partial charge < -0.3 is 14.0 Å². The molecular formula is C51H32N4O2. The zero-order valence-corrected chi connectivity index (χ0v) is 30.6. The van der Waals surface area contributed by atoms with E-state index in [9.17, 15) is 0 Å². The van der Waals surface area contributed by atoms with E-state index in [1.807, 2.05) is 84.9 Å². The van der Waals surface area contributed by atoms with Gasteiger partial charge >= 0.3 is 0 Å².